The molecule has 6 nitrogen and oxygen atoms in total. The molecule has 1 N–H and O–H groups in total. The third-order valence-corrected chi connectivity index (χ3v) is 4.73. The molecule has 0 spiro atoms. The molecule has 4 aromatic rings. The van der Waals surface area contributed by atoms with E-state index < -0.39 is 0 Å². The van der Waals surface area contributed by atoms with E-state index >= 15 is 0 Å². The van der Waals surface area contributed by atoms with Crippen LogP contribution in [0.4, 0.5) is 0 Å². The number of H-pyrrole nitrogens is 1. The fraction of sp³-hybridized carbons (Fsp3) is 0.0500. The van der Waals surface area contributed by atoms with E-state index in [-0.39, 0.29) is 10.8 Å². The van der Waals surface area contributed by atoms with Gasteiger partial charge in [-0.15, -0.1) is 0 Å². The van der Waals surface area contributed by atoms with Crippen molar-refractivity contribution >= 4 is 40.0 Å². The summed E-state index contributed by atoms with van der Waals surface area (Å²) >= 11 is 12.6. The summed E-state index contributed by atoms with van der Waals surface area (Å²) < 4.78 is 10.8. The minimum absolute atomic E-state index is 0.261. The Balaban J connectivity index is 1.64. The highest BCUT2D eigenvalue weighted by atomic mass is 35.5. The molecular formula is C20H13Cl2N3O3. The van der Waals surface area contributed by atoms with Gasteiger partial charge in [-0.25, -0.2) is 9.97 Å². The fourth-order valence-electron chi connectivity index (χ4n) is 2.79. The topological polar surface area (TPSA) is 77.1 Å². The number of hydrogen-bond donors (Lipinski definition) is 1. The third kappa shape index (κ3) is 3.40. The van der Waals surface area contributed by atoms with Crippen molar-refractivity contribution in [1.29, 1.82) is 0 Å². The Labute approximate surface area is 170 Å². The maximum absolute atomic E-state index is 13.0. The molecule has 3 aromatic heterocycles. The number of aromatic nitrogens is 3. The van der Waals surface area contributed by atoms with Crippen LogP contribution in [-0.2, 0) is 0 Å². The van der Waals surface area contributed by atoms with Gasteiger partial charge in [-0.05, 0) is 24.3 Å². The van der Waals surface area contributed by atoms with Gasteiger partial charge in [0.2, 0.25) is 5.88 Å². The van der Waals surface area contributed by atoms with Crippen molar-refractivity contribution in [1.82, 2.24) is 15.0 Å². The van der Waals surface area contributed by atoms with Crippen LogP contribution in [0.3, 0.4) is 0 Å². The Morgan fingerprint density at radius 3 is 2.54 bits per heavy atom. The maximum Gasteiger partial charge on any atom is 0.216 e. The lowest BCUT2D eigenvalue weighted by Crippen LogP contribution is -2.02. The summed E-state index contributed by atoms with van der Waals surface area (Å²) in [6.45, 7) is 0. The first-order valence-corrected chi connectivity index (χ1v) is 8.96. The standard InChI is InChI=1S/C20H13Cl2N3O3/c1-27-17-9-12(4-6-23-17)28-11-2-3-13(16(22)8-11)19(26)14-10-25-20-18(14)15(21)5-7-24-20/h2-10H,1H3,(H,24,25). The summed E-state index contributed by atoms with van der Waals surface area (Å²) in [5, 5.41) is 1.27. The molecule has 1 aromatic carbocycles. The molecule has 28 heavy (non-hydrogen) atoms. The molecule has 0 aliphatic carbocycles. The number of methoxy groups -OCH3 is 1. The fourth-order valence-corrected chi connectivity index (χ4v) is 3.29. The van der Waals surface area contributed by atoms with Crippen LogP contribution in [0.2, 0.25) is 10.0 Å². The van der Waals surface area contributed by atoms with Gasteiger partial charge in [0.05, 0.1) is 22.7 Å². The lowest BCUT2D eigenvalue weighted by molar-refractivity contribution is 0.104. The first-order valence-electron chi connectivity index (χ1n) is 8.20. The number of ketones is 1. The van der Waals surface area contributed by atoms with Gasteiger partial charge >= 0.3 is 0 Å². The Morgan fingerprint density at radius 2 is 1.75 bits per heavy atom. The number of rotatable bonds is 5. The number of carbonyl (C=O) groups excluding carboxylic acids is 1. The Kier molecular flexibility index (Phi) is 4.90. The average molecular weight is 414 g/mol. The number of halogens is 2. The van der Waals surface area contributed by atoms with Gasteiger partial charge in [0.15, 0.2) is 5.78 Å². The molecule has 0 unspecified atom stereocenters. The summed E-state index contributed by atoms with van der Waals surface area (Å²) in [6.07, 6.45) is 4.72. The van der Waals surface area contributed by atoms with E-state index in [1.165, 1.54) is 7.11 Å². The molecule has 0 atom stereocenters. The molecule has 0 saturated heterocycles. The normalized spacial score (nSPS) is 10.8. The summed E-state index contributed by atoms with van der Waals surface area (Å²) in [6, 6.07) is 9.83. The highest BCUT2D eigenvalue weighted by Gasteiger charge is 2.19. The number of nitrogens with one attached hydrogen (secondary N) is 1. The lowest BCUT2D eigenvalue weighted by atomic mass is 10.0. The second-order valence-corrected chi connectivity index (χ2v) is 6.64. The highest BCUT2D eigenvalue weighted by Crippen LogP contribution is 2.32. The molecule has 0 bridgehead atoms. The molecule has 0 saturated carbocycles. The Morgan fingerprint density at radius 1 is 0.964 bits per heavy atom. The third-order valence-electron chi connectivity index (χ3n) is 4.10. The number of carbonyl (C=O) groups is 1. The number of benzene rings is 1. The van der Waals surface area contributed by atoms with E-state index in [2.05, 4.69) is 15.0 Å². The van der Waals surface area contributed by atoms with Crippen LogP contribution in [0.5, 0.6) is 17.4 Å². The molecule has 0 fully saturated rings. The number of ether oxygens (including phenoxy) is 2. The predicted octanol–water partition coefficient (Wildman–Crippen LogP) is 5.30. The van der Waals surface area contributed by atoms with Gasteiger partial charge < -0.3 is 14.5 Å². The van der Waals surface area contributed by atoms with E-state index in [0.717, 1.165) is 0 Å². The van der Waals surface area contributed by atoms with E-state index in [9.17, 15) is 4.79 Å². The Hall–Kier alpha value is -3.09. The minimum atomic E-state index is -0.261. The van der Waals surface area contributed by atoms with Crippen molar-refractivity contribution < 1.29 is 14.3 Å². The van der Waals surface area contributed by atoms with Crippen molar-refractivity contribution in [3.8, 4) is 17.4 Å². The zero-order valence-electron chi connectivity index (χ0n) is 14.6. The maximum atomic E-state index is 13.0. The summed E-state index contributed by atoms with van der Waals surface area (Å²) in [5.74, 6) is 1.19. The molecule has 8 heteroatoms. The zero-order chi connectivity index (χ0) is 19.7. The van der Waals surface area contributed by atoms with Gasteiger partial charge in [0, 0.05) is 41.7 Å². The predicted molar refractivity (Wildman–Crippen MR) is 107 cm³/mol. The van der Waals surface area contributed by atoms with Gasteiger partial charge in [-0.2, -0.15) is 0 Å². The SMILES string of the molecule is COc1cc(Oc2ccc(C(=O)c3c[nH]c4nccc(Cl)c34)c(Cl)c2)ccn1. The van der Waals surface area contributed by atoms with Gasteiger partial charge in [-0.1, -0.05) is 23.2 Å². The minimum Gasteiger partial charge on any atom is -0.481 e. The van der Waals surface area contributed by atoms with Crippen LogP contribution in [0.1, 0.15) is 15.9 Å². The monoisotopic (exact) mass is 413 g/mol. The van der Waals surface area contributed by atoms with Crippen LogP contribution >= 0.6 is 23.2 Å². The molecular weight excluding hydrogens is 401 g/mol. The molecule has 0 aliphatic heterocycles. The van der Waals surface area contributed by atoms with Crippen molar-refractivity contribution in [2.45, 2.75) is 0 Å². The highest BCUT2D eigenvalue weighted by molar-refractivity contribution is 6.39. The van der Waals surface area contributed by atoms with Crippen LogP contribution in [0.15, 0.2) is 55.0 Å². The largest absolute Gasteiger partial charge is 0.481 e. The van der Waals surface area contributed by atoms with Crippen LogP contribution < -0.4 is 9.47 Å². The smallest absolute Gasteiger partial charge is 0.216 e. The van der Waals surface area contributed by atoms with E-state index in [4.69, 9.17) is 32.7 Å². The molecule has 3 heterocycles. The van der Waals surface area contributed by atoms with E-state index in [1.54, 1.807) is 55.0 Å². The molecule has 140 valence electrons. The lowest BCUT2D eigenvalue weighted by Gasteiger charge is -2.09. The number of fused-ring (bicyclic) bond motifs is 1. The van der Waals surface area contributed by atoms with Gasteiger partial charge in [0.25, 0.3) is 0 Å². The van der Waals surface area contributed by atoms with Crippen LogP contribution in [0.25, 0.3) is 11.0 Å². The molecule has 0 amide bonds. The second kappa shape index (κ2) is 7.50. The first kappa shape index (κ1) is 18.3. The van der Waals surface area contributed by atoms with Crippen molar-refractivity contribution in [3.63, 3.8) is 0 Å². The zero-order valence-corrected chi connectivity index (χ0v) is 16.1. The number of pyridine rings is 2. The summed E-state index contributed by atoms with van der Waals surface area (Å²) in [4.78, 5) is 24.1. The van der Waals surface area contributed by atoms with Crippen molar-refractivity contribution in [2.24, 2.45) is 0 Å². The quantitative estimate of drug-likeness (QED) is 0.449. The first-order chi connectivity index (χ1) is 13.6. The number of nitrogens with zero attached hydrogens (tertiary/aromatic N) is 2. The summed E-state index contributed by atoms with van der Waals surface area (Å²) in [7, 11) is 1.52. The molecule has 0 aliphatic rings. The molecule has 4 rings (SSSR count). The number of aromatic amines is 1. The summed E-state index contributed by atoms with van der Waals surface area (Å²) in [5.41, 5.74) is 1.28. The van der Waals surface area contributed by atoms with Crippen LogP contribution in [-0.4, -0.2) is 27.8 Å². The number of hydrogen-bond acceptors (Lipinski definition) is 5. The van der Waals surface area contributed by atoms with Crippen LogP contribution in [0, 0.1) is 0 Å². The van der Waals surface area contributed by atoms with Crippen molar-refractivity contribution in [3.05, 3.63) is 76.2 Å². The second-order valence-electron chi connectivity index (χ2n) is 5.83. The van der Waals surface area contributed by atoms with E-state index in [1.807, 2.05) is 0 Å². The van der Waals surface area contributed by atoms with Gasteiger partial charge in [-0.3, -0.25) is 4.79 Å². The van der Waals surface area contributed by atoms with Crippen molar-refractivity contribution in [2.75, 3.05) is 7.11 Å². The Bertz CT molecular complexity index is 1190. The molecule has 0 radical (unpaired) electrons. The van der Waals surface area contributed by atoms with Gasteiger partial charge in [0.1, 0.15) is 17.1 Å². The van der Waals surface area contributed by atoms with E-state index in [0.29, 0.717) is 44.6 Å². The average Bonchev–Trinajstić information content (AvgIpc) is 3.13.